The highest BCUT2D eigenvalue weighted by Crippen LogP contribution is 2.27. The molecule has 0 aromatic heterocycles. The van der Waals surface area contributed by atoms with Crippen LogP contribution in [0.4, 0.5) is 0 Å². The number of piperazine rings is 1. The summed E-state index contributed by atoms with van der Waals surface area (Å²) < 4.78 is 6.02. The van der Waals surface area contributed by atoms with Crippen molar-refractivity contribution in [3.8, 4) is 0 Å². The maximum atomic E-state index is 6.02. The zero-order valence-electron chi connectivity index (χ0n) is 13.0. The van der Waals surface area contributed by atoms with Crippen LogP contribution in [0.3, 0.4) is 0 Å². The van der Waals surface area contributed by atoms with Gasteiger partial charge >= 0.3 is 0 Å². The highest BCUT2D eigenvalue weighted by molar-refractivity contribution is 4.85. The lowest BCUT2D eigenvalue weighted by Crippen LogP contribution is -2.54. The van der Waals surface area contributed by atoms with Crippen molar-refractivity contribution in [1.82, 2.24) is 10.2 Å². The second-order valence-corrected chi connectivity index (χ2v) is 7.04. The molecule has 0 aromatic carbocycles. The van der Waals surface area contributed by atoms with Crippen molar-refractivity contribution in [3.63, 3.8) is 0 Å². The lowest BCUT2D eigenvalue weighted by molar-refractivity contribution is 0.0331. The molecule has 0 aromatic rings. The molecule has 1 aliphatic heterocycles. The number of ether oxygens (including phenoxy) is 1. The molecule has 0 amide bonds. The molecule has 3 rings (SSSR count). The van der Waals surface area contributed by atoms with Gasteiger partial charge in [0.25, 0.3) is 0 Å². The predicted octanol–water partition coefficient (Wildman–Crippen LogP) is 2.80. The molecule has 2 aliphatic carbocycles. The van der Waals surface area contributed by atoms with E-state index >= 15 is 0 Å². The van der Waals surface area contributed by atoms with Gasteiger partial charge in [-0.1, -0.05) is 32.1 Å². The predicted molar refractivity (Wildman–Crippen MR) is 83.0 cm³/mol. The molecule has 1 unspecified atom stereocenters. The molecule has 3 nitrogen and oxygen atoms in total. The van der Waals surface area contributed by atoms with Crippen molar-refractivity contribution in [2.75, 3.05) is 32.8 Å². The summed E-state index contributed by atoms with van der Waals surface area (Å²) in [7, 11) is 0. The van der Waals surface area contributed by atoms with Crippen molar-refractivity contribution in [2.24, 2.45) is 5.92 Å². The first kappa shape index (κ1) is 14.8. The SMILES string of the molecule is C1CCC(C2CN(CCOC3CCCC3)CCN2)CC1. The van der Waals surface area contributed by atoms with E-state index in [-0.39, 0.29) is 0 Å². The summed E-state index contributed by atoms with van der Waals surface area (Å²) in [5, 5.41) is 3.77. The van der Waals surface area contributed by atoms with E-state index in [4.69, 9.17) is 4.74 Å². The molecule has 1 heterocycles. The second-order valence-electron chi connectivity index (χ2n) is 7.04. The second kappa shape index (κ2) is 7.77. The maximum absolute atomic E-state index is 6.02. The van der Waals surface area contributed by atoms with Gasteiger partial charge in [0, 0.05) is 32.2 Å². The zero-order valence-corrected chi connectivity index (χ0v) is 13.0. The van der Waals surface area contributed by atoms with E-state index in [9.17, 15) is 0 Å². The quantitative estimate of drug-likeness (QED) is 0.838. The van der Waals surface area contributed by atoms with Gasteiger partial charge in [-0.15, -0.1) is 0 Å². The zero-order chi connectivity index (χ0) is 13.6. The third-order valence-corrected chi connectivity index (χ3v) is 5.57. The van der Waals surface area contributed by atoms with Gasteiger partial charge in [0.05, 0.1) is 12.7 Å². The van der Waals surface area contributed by atoms with Gasteiger partial charge in [-0.05, 0) is 31.6 Å². The first-order chi connectivity index (χ1) is 9.92. The molecule has 0 spiro atoms. The lowest BCUT2D eigenvalue weighted by Gasteiger charge is -2.39. The Morgan fingerprint density at radius 3 is 2.50 bits per heavy atom. The number of hydrogen-bond acceptors (Lipinski definition) is 3. The summed E-state index contributed by atoms with van der Waals surface area (Å²) in [4.78, 5) is 2.63. The Balaban J connectivity index is 1.36. The van der Waals surface area contributed by atoms with Crippen molar-refractivity contribution >= 4 is 0 Å². The Hall–Kier alpha value is -0.120. The largest absolute Gasteiger partial charge is 0.377 e. The Morgan fingerprint density at radius 1 is 0.950 bits per heavy atom. The lowest BCUT2D eigenvalue weighted by atomic mass is 9.83. The molecular formula is C17H32N2O. The van der Waals surface area contributed by atoms with Crippen LogP contribution in [0.25, 0.3) is 0 Å². The van der Waals surface area contributed by atoms with Crippen LogP contribution in [-0.2, 0) is 4.74 Å². The van der Waals surface area contributed by atoms with Gasteiger partial charge in [0.2, 0.25) is 0 Å². The molecule has 3 aliphatic rings. The summed E-state index contributed by atoms with van der Waals surface area (Å²) in [6.07, 6.45) is 13.2. The van der Waals surface area contributed by atoms with Crippen LogP contribution in [0, 0.1) is 5.92 Å². The highest BCUT2D eigenvalue weighted by Gasteiger charge is 2.27. The fourth-order valence-electron chi connectivity index (χ4n) is 4.30. The van der Waals surface area contributed by atoms with Crippen molar-refractivity contribution in [1.29, 1.82) is 0 Å². The van der Waals surface area contributed by atoms with Crippen LogP contribution in [0.1, 0.15) is 57.8 Å². The summed E-state index contributed by atoms with van der Waals surface area (Å²) >= 11 is 0. The van der Waals surface area contributed by atoms with Crippen LogP contribution in [0.15, 0.2) is 0 Å². The topological polar surface area (TPSA) is 24.5 Å². The standard InChI is InChI=1S/C17H32N2O/c1-2-6-15(7-3-1)17-14-19(11-10-18-17)12-13-20-16-8-4-5-9-16/h15-18H,1-14H2. The van der Waals surface area contributed by atoms with Crippen LogP contribution >= 0.6 is 0 Å². The van der Waals surface area contributed by atoms with E-state index in [0.29, 0.717) is 6.10 Å². The third kappa shape index (κ3) is 4.19. The maximum Gasteiger partial charge on any atom is 0.0597 e. The fourth-order valence-corrected chi connectivity index (χ4v) is 4.30. The molecule has 2 saturated carbocycles. The van der Waals surface area contributed by atoms with E-state index in [0.717, 1.165) is 25.1 Å². The molecule has 1 N–H and O–H groups in total. The van der Waals surface area contributed by atoms with E-state index < -0.39 is 0 Å². The van der Waals surface area contributed by atoms with Crippen molar-refractivity contribution in [3.05, 3.63) is 0 Å². The Bertz CT molecular complexity index is 272. The summed E-state index contributed by atoms with van der Waals surface area (Å²) in [6.45, 7) is 5.71. The average Bonchev–Trinajstić information content (AvgIpc) is 3.02. The molecule has 1 saturated heterocycles. The molecule has 3 heteroatoms. The number of rotatable bonds is 5. The van der Waals surface area contributed by atoms with Gasteiger partial charge in [-0.3, -0.25) is 4.90 Å². The monoisotopic (exact) mass is 280 g/mol. The van der Waals surface area contributed by atoms with Crippen LogP contribution < -0.4 is 5.32 Å². The van der Waals surface area contributed by atoms with E-state index in [1.165, 1.54) is 77.4 Å². The number of nitrogens with one attached hydrogen (secondary N) is 1. The van der Waals surface area contributed by atoms with Crippen LogP contribution in [-0.4, -0.2) is 49.8 Å². The number of hydrogen-bond donors (Lipinski definition) is 1. The first-order valence-electron chi connectivity index (χ1n) is 8.99. The minimum absolute atomic E-state index is 0.576. The molecule has 20 heavy (non-hydrogen) atoms. The molecule has 0 radical (unpaired) electrons. The van der Waals surface area contributed by atoms with Gasteiger partial charge < -0.3 is 10.1 Å². The molecule has 1 atom stereocenters. The normalized spacial score (nSPS) is 30.9. The Morgan fingerprint density at radius 2 is 1.70 bits per heavy atom. The summed E-state index contributed by atoms with van der Waals surface area (Å²) in [5.74, 6) is 0.933. The average molecular weight is 280 g/mol. The third-order valence-electron chi connectivity index (χ3n) is 5.57. The van der Waals surface area contributed by atoms with Gasteiger partial charge in [-0.2, -0.15) is 0 Å². The van der Waals surface area contributed by atoms with E-state index in [2.05, 4.69) is 10.2 Å². The fraction of sp³-hybridized carbons (Fsp3) is 1.00. The van der Waals surface area contributed by atoms with Gasteiger partial charge in [-0.25, -0.2) is 0 Å². The Kier molecular flexibility index (Phi) is 5.75. The van der Waals surface area contributed by atoms with E-state index in [1.54, 1.807) is 0 Å². The summed E-state index contributed by atoms with van der Waals surface area (Å²) in [5.41, 5.74) is 0. The minimum Gasteiger partial charge on any atom is -0.377 e. The van der Waals surface area contributed by atoms with E-state index in [1.807, 2.05) is 0 Å². The minimum atomic E-state index is 0.576. The molecule has 3 fully saturated rings. The van der Waals surface area contributed by atoms with Gasteiger partial charge in [0.15, 0.2) is 0 Å². The molecule has 116 valence electrons. The molecule has 0 bridgehead atoms. The Labute approximate surface area is 124 Å². The molecular weight excluding hydrogens is 248 g/mol. The highest BCUT2D eigenvalue weighted by atomic mass is 16.5. The smallest absolute Gasteiger partial charge is 0.0597 e. The van der Waals surface area contributed by atoms with Gasteiger partial charge in [0.1, 0.15) is 0 Å². The van der Waals surface area contributed by atoms with Crippen molar-refractivity contribution in [2.45, 2.75) is 69.9 Å². The summed E-state index contributed by atoms with van der Waals surface area (Å²) in [6, 6.07) is 0.746. The first-order valence-corrected chi connectivity index (χ1v) is 8.99. The number of nitrogens with zero attached hydrogens (tertiary/aromatic N) is 1. The van der Waals surface area contributed by atoms with Crippen molar-refractivity contribution < 1.29 is 4.74 Å². The van der Waals surface area contributed by atoms with Crippen LogP contribution in [0.5, 0.6) is 0 Å². The van der Waals surface area contributed by atoms with Crippen LogP contribution in [0.2, 0.25) is 0 Å².